The van der Waals surface area contributed by atoms with Gasteiger partial charge in [0.1, 0.15) is 11.5 Å². The molecular weight excluding hydrogens is 340 g/mol. The average Bonchev–Trinajstić information content (AvgIpc) is 2.71. The first-order chi connectivity index (χ1) is 13.1. The Labute approximate surface area is 160 Å². The Morgan fingerprint density at radius 2 is 1.89 bits per heavy atom. The Balaban J connectivity index is 2.15. The van der Waals surface area contributed by atoms with E-state index >= 15 is 0 Å². The van der Waals surface area contributed by atoms with Gasteiger partial charge in [-0.05, 0) is 49.7 Å². The number of hydrogen-bond acceptors (Lipinski definition) is 4. The number of guanidine groups is 1. The molecule has 27 heavy (non-hydrogen) atoms. The first kappa shape index (κ1) is 20.1. The number of nitrogens with zero attached hydrogens (tertiary/aromatic N) is 2. The molecule has 0 saturated heterocycles. The molecule has 0 radical (unpaired) electrons. The molecule has 0 spiro atoms. The van der Waals surface area contributed by atoms with E-state index in [1.165, 1.54) is 0 Å². The second kappa shape index (κ2) is 10.1. The summed E-state index contributed by atoms with van der Waals surface area (Å²) < 4.78 is 10.8. The zero-order valence-electron chi connectivity index (χ0n) is 16.2. The van der Waals surface area contributed by atoms with Gasteiger partial charge < -0.3 is 20.1 Å². The van der Waals surface area contributed by atoms with Crippen LogP contribution >= 0.6 is 0 Å². The molecule has 2 rings (SSSR count). The van der Waals surface area contributed by atoms with Gasteiger partial charge in [0.2, 0.25) is 0 Å². The van der Waals surface area contributed by atoms with E-state index in [0.717, 1.165) is 29.2 Å². The Bertz CT molecular complexity index is 810. The second-order valence-electron chi connectivity index (χ2n) is 5.98. The molecule has 0 heterocycles. The number of ether oxygens (including phenoxy) is 2. The molecule has 142 valence electrons. The molecule has 0 aromatic heterocycles. The van der Waals surface area contributed by atoms with Crippen LogP contribution < -0.4 is 20.1 Å². The minimum atomic E-state index is -0.0335. The molecule has 1 unspecified atom stereocenters. The maximum absolute atomic E-state index is 8.89. The van der Waals surface area contributed by atoms with E-state index in [9.17, 15) is 0 Å². The number of nitrogens with one attached hydrogen (secondary N) is 2. The van der Waals surface area contributed by atoms with Crippen LogP contribution in [0.15, 0.2) is 47.5 Å². The van der Waals surface area contributed by atoms with Crippen LogP contribution in [-0.4, -0.2) is 26.7 Å². The van der Waals surface area contributed by atoms with Crippen molar-refractivity contribution in [3.8, 4) is 17.6 Å². The fourth-order valence-corrected chi connectivity index (χ4v) is 2.64. The zero-order chi connectivity index (χ0) is 19.6. The first-order valence-electron chi connectivity index (χ1n) is 8.87. The number of benzene rings is 2. The van der Waals surface area contributed by atoms with Gasteiger partial charge in [-0.2, -0.15) is 5.26 Å². The lowest BCUT2D eigenvalue weighted by atomic mass is 10.1. The lowest BCUT2D eigenvalue weighted by Crippen LogP contribution is -2.38. The molecule has 2 N–H and O–H groups in total. The van der Waals surface area contributed by atoms with Gasteiger partial charge in [0, 0.05) is 12.1 Å². The van der Waals surface area contributed by atoms with Crippen LogP contribution in [0, 0.1) is 11.3 Å². The molecule has 0 aliphatic rings. The highest BCUT2D eigenvalue weighted by molar-refractivity contribution is 5.80. The predicted molar refractivity (Wildman–Crippen MR) is 107 cm³/mol. The van der Waals surface area contributed by atoms with E-state index in [1.54, 1.807) is 26.4 Å². The van der Waals surface area contributed by atoms with Gasteiger partial charge in [-0.25, -0.2) is 4.99 Å². The molecule has 0 bridgehead atoms. The molecule has 0 saturated carbocycles. The molecule has 0 aliphatic heterocycles. The number of methoxy groups -OCH3 is 2. The molecule has 2 aromatic rings. The number of aliphatic imine (C=N–C) groups is 1. The molecule has 0 aliphatic carbocycles. The van der Waals surface area contributed by atoms with Gasteiger partial charge in [0.05, 0.1) is 38.4 Å². The number of nitriles is 1. The van der Waals surface area contributed by atoms with Gasteiger partial charge >= 0.3 is 0 Å². The maximum atomic E-state index is 8.89. The van der Waals surface area contributed by atoms with Crippen LogP contribution in [0.5, 0.6) is 11.5 Å². The quantitative estimate of drug-likeness (QED) is 0.580. The standard InChI is InChI=1S/C21H26N4O2/c1-5-23-21(24-14-17-8-6-16(13-22)7-9-17)25-15(2)19-12-18(26-3)10-11-20(19)27-4/h6-12,15H,5,14H2,1-4H3,(H2,23,24,25). The summed E-state index contributed by atoms with van der Waals surface area (Å²) >= 11 is 0. The van der Waals surface area contributed by atoms with Crippen LogP contribution in [0.3, 0.4) is 0 Å². The highest BCUT2D eigenvalue weighted by Crippen LogP contribution is 2.29. The summed E-state index contributed by atoms with van der Waals surface area (Å²) in [5, 5.41) is 15.5. The lowest BCUT2D eigenvalue weighted by molar-refractivity contribution is 0.394. The fourth-order valence-electron chi connectivity index (χ4n) is 2.64. The van der Waals surface area contributed by atoms with Crippen molar-refractivity contribution in [3.63, 3.8) is 0 Å². The Morgan fingerprint density at radius 1 is 1.15 bits per heavy atom. The second-order valence-corrected chi connectivity index (χ2v) is 5.98. The highest BCUT2D eigenvalue weighted by atomic mass is 16.5. The van der Waals surface area contributed by atoms with Crippen molar-refractivity contribution in [2.45, 2.75) is 26.4 Å². The molecule has 1 atom stereocenters. The van der Waals surface area contributed by atoms with Crippen LogP contribution in [0.25, 0.3) is 0 Å². The van der Waals surface area contributed by atoms with Crippen LogP contribution in [0.2, 0.25) is 0 Å². The highest BCUT2D eigenvalue weighted by Gasteiger charge is 2.14. The van der Waals surface area contributed by atoms with E-state index in [-0.39, 0.29) is 6.04 Å². The number of hydrogen-bond donors (Lipinski definition) is 2. The minimum Gasteiger partial charge on any atom is -0.497 e. The largest absolute Gasteiger partial charge is 0.497 e. The SMILES string of the molecule is CCNC(=NCc1ccc(C#N)cc1)NC(C)c1cc(OC)ccc1OC. The summed E-state index contributed by atoms with van der Waals surface area (Å²) in [6, 6.07) is 15.3. The van der Waals surface area contributed by atoms with E-state index < -0.39 is 0 Å². The van der Waals surface area contributed by atoms with Gasteiger partial charge in [-0.15, -0.1) is 0 Å². The Kier molecular flexibility index (Phi) is 7.50. The van der Waals surface area contributed by atoms with Crippen LogP contribution in [0.1, 0.15) is 36.6 Å². The lowest BCUT2D eigenvalue weighted by Gasteiger charge is -2.20. The van der Waals surface area contributed by atoms with E-state index in [2.05, 4.69) is 21.7 Å². The summed E-state index contributed by atoms with van der Waals surface area (Å²) in [4.78, 5) is 4.64. The summed E-state index contributed by atoms with van der Waals surface area (Å²) in [6.45, 7) is 5.34. The Morgan fingerprint density at radius 3 is 2.48 bits per heavy atom. The monoisotopic (exact) mass is 366 g/mol. The minimum absolute atomic E-state index is 0.0335. The van der Waals surface area contributed by atoms with Crippen LogP contribution in [0.4, 0.5) is 0 Å². The van der Waals surface area contributed by atoms with Crippen molar-refractivity contribution in [2.24, 2.45) is 4.99 Å². The third-order valence-corrected chi connectivity index (χ3v) is 4.10. The summed E-state index contributed by atoms with van der Waals surface area (Å²) in [6.07, 6.45) is 0. The van der Waals surface area contributed by atoms with E-state index in [1.807, 2.05) is 44.2 Å². The molecule has 6 nitrogen and oxygen atoms in total. The molecule has 6 heteroatoms. The average molecular weight is 366 g/mol. The smallest absolute Gasteiger partial charge is 0.192 e. The third kappa shape index (κ3) is 5.65. The zero-order valence-corrected chi connectivity index (χ0v) is 16.2. The predicted octanol–water partition coefficient (Wildman–Crippen LogP) is 3.39. The summed E-state index contributed by atoms with van der Waals surface area (Å²) in [7, 11) is 3.30. The van der Waals surface area contributed by atoms with Gasteiger partial charge in [0.15, 0.2) is 5.96 Å². The first-order valence-corrected chi connectivity index (χ1v) is 8.87. The topological polar surface area (TPSA) is 78.7 Å². The van der Waals surface area contributed by atoms with Crippen molar-refractivity contribution in [2.75, 3.05) is 20.8 Å². The van der Waals surface area contributed by atoms with Gasteiger partial charge in [0.25, 0.3) is 0 Å². The molecule has 2 aromatic carbocycles. The third-order valence-electron chi connectivity index (χ3n) is 4.10. The molecule has 0 amide bonds. The van der Waals surface area contributed by atoms with Crippen molar-refractivity contribution in [1.82, 2.24) is 10.6 Å². The normalized spacial score (nSPS) is 12.0. The number of rotatable bonds is 7. The fraction of sp³-hybridized carbons (Fsp3) is 0.333. The van der Waals surface area contributed by atoms with E-state index in [0.29, 0.717) is 18.1 Å². The molecular formula is C21H26N4O2. The summed E-state index contributed by atoms with van der Waals surface area (Å²) in [5.74, 6) is 2.27. The Hall–Kier alpha value is -3.20. The van der Waals surface area contributed by atoms with Crippen LogP contribution in [-0.2, 0) is 6.54 Å². The summed E-state index contributed by atoms with van der Waals surface area (Å²) in [5.41, 5.74) is 2.67. The van der Waals surface area contributed by atoms with Crippen molar-refractivity contribution in [1.29, 1.82) is 5.26 Å². The van der Waals surface area contributed by atoms with Gasteiger partial charge in [-0.3, -0.25) is 0 Å². The van der Waals surface area contributed by atoms with Crippen molar-refractivity contribution >= 4 is 5.96 Å². The molecule has 0 fully saturated rings. The van der Waals surface area contributed by atoms with Crippen molar-refractivity contribution < 1.29 is 9.47 Å². The van der Waals surface area contributed by atoms with E-state index in [4.69, 9.17) is 14.7 Å². The van der Waals surface area contributed by atoms with Crippen molar-refractivity contribution in [3.05, 3.63) is 59.2 Å². The maximum Gasteiger partial charge on any atom is 0.192 e. The van der Waals surface area contributed by atoms with Gasteiger partial charge in [-0.1, -0.05) is 12.1 Å².